The van der Waals surface area contributed by atoms with Crippen LogP contribution >= 0.6 is 0 Å². The molecule has 0 bridgehead atoms. The molecule has 0 aliphatic carbocycles. The van der Waals surface area contributed by atoms with E-state index < -0.39 is 0 Å². The van der Waals surface area contributed by atoms with E-state index in [2.05, 4.69) is 49.6 Å². The molecule has 0 saturated carbocycles. The highest BCUT2D eigenvalue weighted by Crippen LogP contribution is 2.27. The molecule has 3 nitrogen and oxygen atoms in total. The lowest BCUT2D eigenvalue weighted by Crippen LogP contribution is -2.06. The molecule has 0 unspecified atom stereocenters. The van der Waals surface area contributed by atoms with Gasteiger partial charge >= 0.3 is 0 Å². The van der Waals surface area contributed by atoms with Crippen LogP contribution in [0.1, 0.15) is 38.6 Å². The fourth-order valence-corrected chi connectivity index (χ4v) is 2.37. The van der Waals surface area contributed by atoms with Crippen molar-refractivity contribution in [2.75, 3.05) is 5.73 Å². The van der Waals surface area contributed by atoms with E-state index in [1.54, 1.807) is 0 Å². The molecule has 1 aromatic carbocycles. The van der Waals surface area contributed by atoms with Crippen molar-refractivity contribution in [1.82, 2.24) is 9.55 Å². The van der Waals surface area contributed by atoms with Crippen LogP contribution < -0.4 is 5.73 Å². The number of hydrogen-bond acceptors (Lipinski definition) is 2. The van der Waals surface area contributed by atoms with Crippen molar-refractivity contribution in [3.8, 4) is 11.3 Å². The largest absolute Gasteiger partial charge is 0.383 e. The number of rotatable bonds is 5. The van der Waals surface area contributed by atoms with Crippen molar-refractivity contribution in [2.45, 2.75) is 46.6 Å². The van der Waals surface area contributed by atoms with Crippen molar-refractivity contribution in [3.63, 3.8) is 0 Å². The number of nitrogens with zero attached hydrogens (tertiary/aromatic N) is 2. The molecule has 0 aliphatic heterocycles. The number of benzene rings is 1. The number of hydrogen-bond donors (Lipinski definition) is 1. The second-order valence-electron chi connectivity index (χ2n) is 4.82. The summed E-state index contributed by atoms with van der Waals surface area (Å²) in [5.41, 5.74) is 9.64. The smallest absolute Gasteiger partial charge is 0.131 e. The van der Waals surface area contributed by atoms with Crippen LogP contribution in [-0.4, -0.2) is 9.55 Å². The number of nitrogens with two attached hydrogens (primary N) is 1. The maximum absolute atomic E-state index is 6.27. The highest BCUT2D eigenvalue weighted by molar-refractivity contribution is 5.71. The molecule has 0 saturated heterocycles. The molecule has 0 spiro atoms. The van der Waals surface area contributed by atoms with Gasteiger partial charge in [0.05, 0.1) is 0 Å². The molecular weight excluding hydrogens is 234 g/mol. The van der Waals surface area contributed by atoms with Crippen LogP contribution in [0.2, 0.25) is 0 Å². The minimum Gasteiger partial charge on any atom is -0.383 e. The molecule has 0 radical (unpaired) electrons. The van der Waals surface area contributed by atoms with E-state index in [1.165, 1.54) is 5.56 Å². The van der Waals surface area contributed by atoms with Crippen molar-refractivity contribution in [1.29, 1.82) is 0 Å². The summed E-state index contributed by atoms with van der Waals surface area (Å²) in [5.74, 6) is 1.87. The molecule has 0 fully saturated rings. The van der Waals surface area contributed by atoms with Gasteiger partial charge in [0, 0.05) is 18.5 Å². The Labute approximate surface area is 115 Å². The number of aromatic nitrogens is 2. The van der Waals surface area contributed by atoms with Crippen LogP contribution in [0.25, 0.3) is 11.3 Å². The van der Waals surface area contributed by atoms with E-state index in [0.29, 0.717) is 0 Å². The van der Waals surface area contributed by atoms with Crippen molar-refractivity contribution in [3.05, 3.63) is 35.7 Å². The Morgan fingerprint density at radius 2 is 1.74 bits per heavy atom. The fraction of sp³-hybridized carbons (Fsp3) is 0.438. The molecule has 2 rings (SSSR count). The first-order valence-corrected chi connectivity index (χ1v) is 7.15. The summed E-state index contributed by atoms with van der Waals surface area (Å²) in [6.07, 6.45) is 3.04. The van der Waals surface area contributed by atoms with Crippen LogP contribution in [0.5, 0.6) is 0 Å². The number of aryl methyl sites for hydroxylation is 2. The zero-order valence-corrected chi connectivity index (χ0v) is 12.1. The Morgan fingerprint density at radius 3 is 2.26 bits per heavy atom. The topological polar surface area (TPSA) is 43.8 Å². The van der Waals surface area contributed by atoms with Gasteiger partial charge < -0.3 is 10.3 Å². The molecule has 0 atom stereocenters. The van der Waals surface area contributed by atoms with Gasteiger partial charge in [-0.25, -0.2) is 4.98 Å². The highest BCUT2D eigenvalue weighted by Gasteiger charge is 2.14. The molecule has 2 N–H and O–H groups in total. The monoisotopic (exact) mass is 257 g/mol. The quantitative estimate of drug-likeness (QED) is 0.888. The fourth-order valence-electron chi connectivity index (χ4n) is 2.37. The first-order valence-electron chi connectivity index (χ1n) is 7.15. The summed E-state index contributed by atoms with van der Waals surface area (Å²) < 4.78 is 2.14. The molecule has 1 aromatic heterocycles. The van der Waals surface area contributed by atoms with E-state index in [0.717, 1.165) is 48.7 Å². The summed E-state index contributed by atoms with van der Waals surface area (Å²) in [5, 5.41) is 0. The van der Waals surface area contributed by atoms with E-state index in [4.69, 9.17) is 10.7 Å². The average Bonchev–Trinajstić information content (AvgIpc) is 2.76. The van der Waals surface area contributed by atoms with E-state index >= 15 is 0 Å². The molecule has 2 aromatic rings. The summed E-state index contributed by atoms with van der Waals surface area (Å²) in [7, 11) is 0. The van der Waals surface area contributed by atoms with Crippen molar-refractivity contribution >= 4 is 5.82 Å². The van der Waals surface area contributed by atoms with Crippen LogP contribution in [0.15, 0.2) is 24.3 Å². The van der Waals surface area contributed by atoms with Gasteiger partial charge in [0.2, 0.25) is 0 Å². The predicted molar refractivity (Wildman–Crippen MR) is 81.1 cm³/mol. The molecule has 0 amide bonds. The van der Waals surface area contributed by atoms with Crippen molar-refractivity contribution < 1.29 is 0 Å². The minimum atomic E-state index is 0.794. The third kappa shape index (κ3) is 2.65. The molecule has 0 aliphatic rings. The lowest BCUT2D eigenvalue weighted by atomic mass is 10.1. The number of nitrogen functional groups attached to an aromatic ring is 1. The first kappa shape index (κ1) is 13.7. The third-order valence-electron chi connectivity index (χ3n) is 3.48. The highest BCUT2D eigenvalue weighted by atomic mass is 15.1. The first-order chi connectivity index (χ1) is 9.21. The second-order valence-corrected chi connectivity index (χ2v) is 4.82. The van der Waals surface area contributed by atoms with Crippen LogP contribution in [0, 0.1) is 0 Å². The van der Waals surface area contributed by atoms with Gasteiger partial charge in [0.25, 0.3) is 0 Å². The number of imidazole rings is 1. The van der Waals surface area contributed by atoms with E-state index in [1.807, 2.05) is 0 Å². The molecule has 19 heavy (non-hydrogen) atoms. The SMILES string of the molecule is CCCn1c(CC)nc(-c2ccc(CC)cc2)c1N. The van der Waals surface area contributed by atoms with Crippen LogP contribution in [0.4, 0.5) is 5.82 Å². The van der Waals surface area contributed by atoms with Gasteiger partial charge in [-0.3, -0.25) is 0 Å². The Morgan fingerprint density at radius 1 is 1.05 bits per heavy atom. The Hall–Kier alpha value is -1.77. The van der Waals surface area contributed by atoms with Gasteiger partial charge in [-0.2, -0.15) is 0 Å². The summed E-state index contributed by atoms with van der Waals surface area (Å²) in [6.45, 7) is 7.38. The maximum Gasteiger partial charge on any atom is 0.131 e. The van der Waals surface area contributed by atoms with Gasteiger partial charge in [-0.05, 0) is 18.4 Å². The normalized spacial score (nSPS) is 10.9. The van der Waals surface area contributed by atoms with Crippen LogP contribution in [0.3, 0.4) is 0 Å². The maximum atomic E-state index is 6.27. The lowest BCUT2D eigenvalue weighted by Gasteiger charge is -2.06. The standard InChI is InChI=1S/C16H23N3/c1-4-11-19-14(6-3)18-15(16(19)17)13-9-7-12(5-2)8-10-13/h7-10H,4-6,11,17H2,1-3H3. The Kier molecular flexibility index (Phi) is 4.25. The zero-order chi connectivity index (χ0) is 13.8. The molecule has 1 heterocycles. The number of anilines is 1. The average molecular weight is 257 g/mol. The van der Waals surface area contributed by atoms with Gasteiger partial charge in [-0.15, -0.1) is 0 Å². The Balaban J connectivity index is 2.43. The summed E-state index contributed by atoms with van der Waals surface area (Å²) in [6, 6.07) is 8.54. The molecular formula is C16H23N3. The van der Waals surface area contributed by atoms with Gasteiger partial charge in [0.1, 0.15) is 17.3 Å². The zero-order valence-electron chi connectivity index (χ0n) is 12.1. The Bertz CT molecular complexity index is 538. The third-order valence-corrected chi connectivity index (χ3v) is 3.48. The minimum absolute atomic E-state index is 0.794. The summed E-state index contributed by atoms with van der Waals surface area (Å²) >= 11 is 0. The lowest BCUT2D eigenvalue weighted by molar-refractivity contribution is 0.650. The van der Waals surface area contributed by atoms with E-state index in [9.17, 15) is 0 Å². The van der Waals surface area contributed by atoms with Crippen molar-refractivity contribution in [2.24, 2.45) is 0 Å². The summed E-state index contributed by atoms with van der Waals surface area (Å²) in [4.78, 5) is 4.71. The van der Waals surface area contributed by atoms with E-state index in [-0.39, 0.29) is 0 Å². The molecule has 102 valence electrons. The second kappa shape index (κ2) is 5.91. The molecule has 3 heteroatoms. The predicted octanol–water partition coefficient (Wildman–Crippen LogP) is 3.67. The van der Waals surface area contributed by atoms with Gasteiger partial charge in [-0.1, -0.05) is 45.0 Å². The van der Waals surface area contributed by atoms with Crippen LogP contribution in [-0.2, 0) is 19.4 Å². The van der Waals surface area contributed by atoms with Gasteiger partial charge in [0.15, 0.2) is 0 Å².